The Hall–Kier alpha value is -2.05. The number of ether oxygens (including phenoxy) is 2. The molecule has 1 aliphatic rings. The van der Waals surface area contributed by atoms with Gasteiger partial charge in [-0.25, -0.2) is 8.78 Å². The summed E-state index contributed by atoms with van der Waals surface area (Å²) in [6.07, 6.45) is -0.368. The average molecular weight is 428 g/mol. The molecule has 2 rings (SSSR count). The average Bonchev–Trinajstić information content (AvgIpc) is 2.63. The van der Waals surface area contributed by atoms with E-state index in [1.54, 1.807) is 32.9 Å². The SMILES string of the molecule is CC(C)(C)OC(=O)[C@@H](CC1CC(F)(F)C1)[C@@H](CCCF)C(=O)OCc1ccccc1. The van der Waals surface area contributed by atoms with Gasteiger partial charge in [0.2, 0.25) is 5.92 Å². The molecule has 1 fully saturated rings. The van der Waals surface area contributed by atoms with E-state index in [-0.39, 0.29) is 44.6 Å². The molecule has 30 heavy (non-hydrogen) atoms. The largest absolute Gasteiger partial charge is 0.461 e. The smallest absolute Gasteiger partial charge is 0.310 e. The van der Waals surface area contributed by atoms with E-state index in [4.69, 9.17) is 9.47 Å². The molecule has 1 saturated carbocycles. The highest BCUT2D eigenvalue weighted by atomic mass is 19.3. The van der Waals surface area contributed by atoms with Gasteiger partial charge in [0.1, 0.15) is 12.2 Å². The number of benzene rings is 1. The van der Waals surface area contributed by atoms with Gasteiger partial charge in [0.15, 0.2) is 0 Å². The lowest BCUT2D eigenvalue weighted by atomic mass is 9.72. The zero-order valence-corrected chi connectivity index (χ0v) is 17.8. The molecule has 0 aromatic heterocycles. The van der Waals surface area contributed by atoms with Gasteiger partial charge in [0.05, 0.1) is 18.5 Å². The minimum absolute atomic E-state index is 0.0222. The summed E-state index contributed by atoms with van der Waals surface area (Å²) in [5.41, 5.74) is -0.0140. The predicted molar refractivity (Wildman–Crippen MR) is 107 cm³/mol. The van der Waals surface area contributed by atoms with E-state index in [0.29, 0.717) is 0 Å². The molecule has 4 nitrogen and oxygen atoms in total. The quantitative estimate of drug-likeness (QED) is 0.463. The summed E-state index contributed by atoms with van der Waals surface area (Å²) in [6, 6.07) is 9.05. The lowest BCUT2D eigenvalue weighted by molar-refractivity contribution is -0.173. The second-order valence-corrected chi connectivity index (χ2v) is 9.04. The summed E-state index contributed by atoms with van der Waals surface area (Å²) in [4.78, 5) is 25.7. The first-order chi connectivity index (χ1) is 14.0. The normalized spacial score (nSPS) is 18.2. The highest BCUT2D eigenvalue weighted by Gasteiger charge is 2.48. The minimum Gasteiger partial charge on any atom is -0.461 e. The summed E-state index contributed by atoms with van der Waals surface area (Å²) < 4.78 is 50.4. The molecule has 168 valence electrons. The first-order valence-electron chi connectivity index (χ1n) is 10.4. The van der Waals surface area contributed by atoms with Crippen molar-refractivity contribution >= 4 is 11.9 Å². The number of carbonyl (C=O) groups is 2. The van der Waals surface area contributed by atoms with Crippen molar-refractivity contribution in [2.24, 2.45) is 17.8 Å². The molecule has 7 heteroatoms. The molecular formula is C23H31F3O4. The van der Waals surface area contributed by atoms with Crippen molar-refractivity contribution in [2.75, 3.05) is 6.67 Å². The Morgan fingerprint density at radius 2 is 1.73 bits per heavy atom. The van der Waals surface area contributed by atoms with Crippen LogP contribution in [0, 0.1) is 17.8 Å². The van der Waals surface area contributed by atoms with Gasteiger partial charge in [-0.05, 0) is 51.5 Å². The van der Waals surface area contributed by atoms with Crippen LogP contribution >= 0.6 is 0 Å². The molecule has 0 unspecified atom stereocenters. The number of carbonyl (C=O) groups excluding carboxylic acids is 2. The van der Waals surface area contributed by atoms with Crippen LogP contribution in [0.1, 0.15) is 58.4 Å². The predicted octanol–water partition coefficient (Wildman–Crippen LogP) is 5.49. The Balaban J connectivity index is 2.15. The van der Waals surface area contributed by atoms with Crippen molar-refractivity contribution < 1.29 is 32.2 Å². The summed E-state index contributed by atoms with van der Waals surface area (Å²) >= 11 is 0. The molecule has 1 aliphatic carbocycles. The molecule has 0 spiro atoms. The third-order valence-corrected chi connectivity index (χ3v) is 5.13. The molecule has 0 radical (unpaired) electrons. The van der Waals surface area contributed by atoms with Crippen LogP contribution in [0.15, 0.2) is 30.3 Å². The summed E-state index contributed by atoms with van der Waals surface area (Å²) in [5.74, 6) is -6.25. The van der Waals surface area contributed by atoms with Gasteiger partial charge < -0.3 is 9.47 Å². The van der Waals surface area contributed by atoms with E-state index in [1.807, 2.05) is 18.2 Å². The fourth-order valence-electron chi connectivity index (χ4n) is 3.73. The molecule has 1 aromatic carbocycles. The fourth-order valence-corrected chi connectivity index (χ4v) is 3.73. The minimum atomic E-state index is -2.73. The molecule has 1 aromatic rings. The van der Waals surface area contributed by atoms with Crippen molar-refractivity contribution in [3.05, 3.63) is 35.9 Å². The Morgan fingerprint density at radius 1 is 1.10 bits per heavy atom. The van der Waals surface area contributed by atoms with Crippen molar-refractivity contribution in [3.8, 4) is 0 Å². The molecule has 0 N–H and O–H groups in total. The number of halogens is 3. The van der Waals surface area contributed by atoms with E-state index in [2.05, 4.69) is 0 Å². The van der Waals surface area contributed by atoms with Crippen molar-refractivity contribution in [1.29, 1.82) is 0 Å². The van der Waals surface area contributed by atoms with Crippen LogP contribution in [0.5, 0.6) is 0 Å². The lowest BCUT2D eigenvalue weighted by Crippen LogP contribution is -2.42. The van der Waals surface area contributed by atoms with Gasteiger partial charge in [-0.1, -0.05) is 30.3 Å². The molecule has 0 saturated heterocycles. The van der Waals surface area contributed by atoms with Crippen LogP contribution in [0.2, 0.25) is 0 Å². The van der Waals surface area contributed by atoms with Crippen LogP contribution in [0.25, 0.3) is 0 Å². The number of rotatable bonds is 10. The molecule has 0 bridgehead atoms. The van der Waals surface area contributed by atoms with Gasteiger partial charge in [0, 0.05) is 12.8 Å². The number of alkyl halides is 3. The van der Waals surface area contributed by atoms with Crippen LogP contribution in [-0.4, -0.2) is 30.1 Å². The Bertz CT molecular complexity index is 692. The van der Waals surface area contributed by atoms with E-state index in [9.17, 15) is 22.8 Å². The lowest BCUT2D eigenvalue weighted by Gasteiger charge is -2.38. The van der Waals surface area contributed by atoms with Gasteiger partial charge in [-0.2, -0.15) is 0 Å². The summed E-state index contributed by atoms with van der Waals surface area (Å²) in [7, 11) is 0. The first kappa shape index (κ1) is 24.2. The molecular weight excluding hydrogens is 397 g/mol. The van der Waals surface area contributed by atoms with Crippen LogP contribution in [0.3, 0.4) is 0 Å². The Kier molecular flexibility index (Phi) is 8.33. The zero-order valence-electron chi connectivity index (χ0n) is 17.8. The fraction of sp³-hybridized carbons (Fsp3) is 0.652. The number of hydrogen-bond acceptors (Lipinski definition) is 4. The maximum atomic E-state index is 13.3. The second kappa shape index (κ2) is 10.3. The van der Waals surface area contributed by atoms with Crippen molar-refractivity contribution in [3.63, 3.8) is 0 Å². The van der Waals surface area contributed by atoms with Crippen molar-refractivity contribution in [1.82, 2.24) is 0 Å². The second-order valence-electron chi connectivity index (χ2n) is 9.04. The maximum Gasteiger partial charge on any atom is 0.310 e. The van der Waals surface area contributed by atoms with Crippen LogP contribution < -0.4 is 0 Å². The van der Waals surface area contributed by atoms with E-state index in [0.717, 1.165) is 5.56 Å². The van der Waals surface area contributed by atoms with Crippen molar-refractivity contribution in [2.45, 2.75) is 71.0 Å². The monoisotopic (exact) mass is 428 g/mol. The molecule has 0 aliphatic heterocycles. The van der Waals surface area contributed by atoms with Gasteiger partial charge in [0.25, 0.3) is 0 Å². The topological polar surface area (TPSA) is 52.6 Å². The molecule has 0 amide bonds. The zero-order chi connectivity index (χ0) is 22.4. The number of esters is 2. The Labute approximate surface area is 176 Å². The third-order valence-electron chi connectivity index (χ3n) is 5.13. The number of hydrogen-bond donors (Lipinski definition) is 0. The van der Waals surface area contributed by atoms with Gasteiger partial charge in [-0.15, -0.1) is 0 Å². The van der Waals surface area contributed by atoms with E-state index < -0.39 is 42.0 Å². The Morgan fingerprint density at radius 3 is 2.27 bits per heavy atom. The standard InChI is InChI=1S/C23H31F3O4/c1-22(2,3)30-21(28)19(12-17-13-23(25,26)14-17)18(10-7-11-24)20(27)29-15-16-8-5-4-6-9-16/h4-6,8-9,17-19H,7,10-15H2,1-3H3/t18-,19+/m1/s1. The van der Waals surface area contributed by atoms with Crippen LogP contribution in [-0.2, 0) is 25.7 Å². The molecule has 0 heterocycles. The molecule has 2 atom stereocenters. The first-order valence-corrected chi connectivity index (χ1v) is 10.4. The van der Waals surface area contributed by atoms with E-state index in [1.165, 1.54) is 0 Å². The highest BCUT2D eigenvalue weighted by Crippen LogP contribution is 2.46. The van der Waals surface area contributed by atoms with Gasteiger partial charge >= 0.3 is 11.9 Å². The third kappa shape index (κ3) is 7.65. The summed E-state index contributed by atoms with van der Waals surface area (Å²) in [6.45, 7) is 4.47. The van der Waals surface area contributed by atoms with E-state index >= 15 is 0 Å². The summed E-state index contributed by atoms with van der Waals surface area (Å²) in [5, 5.41) is 0. The van der Waals surface area contributed by atoms with Crippen LogP contribution in [0.4, 0.5) is 13.2 Å². The van der Waals surface area contributed by atoms with Gasteiger partial charge in [-0.3, -0.25) is 14.0 Å². The maximum absolute atomic E-state index is 13.3. The highest BCUT2D eigenvalue weighted by molar-refractivity contribution is 5.82.